The molecule has 1 aliphatic rings. The van der Waals surface area contributed by atoms with Gasteiger partial charge in [0, 0.05) is 32.1 Å². The van der Waals surface area contributed by atoms with E-state index in [4.69, 9.17) is 4.74 Å². The van der Waals surface area contributed by atoms with E-state index >= 15 is 0 Å². The van der Waals surface area contributed by atoms with Crippen molar-refractivity contribution in [3.63, 3.8) is 0 Å². The van der Waals surface area contributed by atoms with Gasteiger partial charge in [-0.3, -0.25) is 4.79 Å². The van der Waals surface area contributed by atoms with E-state index in [0.29, 0.717) is 53.6 Å². The zero-order chi connectivity index (χ0) is 31.4. The number of anilines is 4. The summed E-state index contributed by atoms with van der Waals surface area (Å²) in [6, 6.07) is 12.6. The molecule has 2 aromatic heterocycles. The van der Waals surface area contributed by atoms with Crippen LogP contribution in [0.5, 0.6) is 5.75 Å². The molecular formula is C31H40N8O4S. The first kappa shape index (κ1) is 31.2. The van der Waals surface area contributed by atoms with E-state index in [9.17, 15) is 13.2 Å². The highest BCUT2D eigenvalue weighted by Crippen LogP contribution is 2.37. The van der Waals surface area contributed by atoms with Crippen LogP contribution in [0.1, 0.15) is 50.2 Å². The number of rotatable bonds is 11. The zero-order valence-corrected chi connectivity index (χ0v) is 26.6. The Morgan fingerprint density at radius 3 is 2.52 bits per heavy atom. The number of nitrogens with one attached hydrogen (secondary N) is 3. The minimum Gasteiger partial charge on any atom is -0.495 e. The van der Waals surface area contributed by atoms with Crippen molar-refractivity contribution in [2.75, 3.05) is 44.4 Å². The number of likely N-dealkylation sites (tertiary alicyclic amines) is 1. The van der Waals surface area contributed by atoms with Gasteiger partial charge in [-0.1, -0.05) is 12.1 Å². The van der Waals surface area contributed by atoms with E-state index < -0.39 is 15.1 Å². The summed E-state index contributed by atoms with van der Waals surface area (Å²) in [6.07, 6.45) is 3.91. The van der Waals surface area contributed by atoms with Crippen LogP contribution < -0.4 is 20.7 Å². The number of sulfone groups is 1. The third-order valence-corrected chi connectivity index (χ3v) is 10.2. The SMILES string of the molecule is CNCCC(=O)N1CCC(c2cc(OC)c(Nc3nc(Nc4ccccc4S(=O)(=O)C(C)C)n4nccc4n3)cc2C)CC1. The van der Waals surface area contributed by atoms with Crippen LogP contribution >= 0.6 is 0 Å². The number of para-hydroxylation sites is 1. The first-order valence-corrected chi connectivity index (χ1v) is 16.4. The third-order valence-electron chi connectivity index (χ3n) is 8.03. The molecule has 0 unspecified atom stereocenters. The summed E-state index contributed by atoms with van der Waals surface area (Å²) in [5, 5.41) is 13.3. The number of carbonyl (C=O) groups is 1. The van der Waals surface area contributed by atoms with Crippen molar-refractivity contribution in [2.45, 2.75) is 56.1 Å². The van der Waals surface area contributed by atoms with Crippen molar-refractivity contribution in [3.05, 3.63) is 59.8 Å². The largest absolute Gasteiger partial charge is 0.495 e. The van der Waals surface area contributed by atoms with E-state index in [0.717, 1.165) is 31.5 Å². The fourth-order valence-electron chi connectivity index (χ4n) is 5.52. The minimum atomic E-state index is -3.55. The van der Waals surface area contributed by atoms with Gasteiger partial charge in [-0.25, -0.2) is 8.42 Å². The molecule has 1 aliphatic heterocycles. The Morgan fingerprint density at radius 1 is 1.07 bits per heavy atom. The van der Waals surface area contributed by atoms with Gasteiger partial charge in [-0.2, -0.15) is 19.6 Å². The number of piperidine rings is 1. The Labute approximate surface area is 258 Å². The number of nitrogens with zero attached hydrogens (tertiary/aromatic N) is 5. The van der Waals surface area contributed by atoms with Crippen LogP contribution in [0.25, 0.3) is 5.65 Å². The van der Waals surface area contributed by atoms with E-state index in [-0.39, 0.29) is 10.8 Å². The predicted octanol–water partition coefficient (Wildman–Crippen LogP) is 4.43. The lowest BCUT2D eigenvalue weighted by atomic mass is 9.86. The van der Waals surface area contributed by atoms with Gasteiger partial charge in [0.2, 0.25) is 17.8 Å². The zero-order valence-electron chi connectivity index (χ0n) is 25.8. The van der Waals surface area contributed by atoms with Crippen molar-refractivity contribution in [1.29, 1.82) is 0 Å². The summed E-state index contributed by atoms with van der Waals surface area (Å²) in [6.45, 7) is 7.55. The molecule has 0 aliphatic carbocycles. The molecule has 3 N–H and O–H groups in total. The van der Waals surface area contributed by atoms with Crippen molar-refractivity contribution >= 4 is 44.7 Å². The molecule has 234 valence electrons. The second-order valence-electron chi connectivity index (χ2n) is 11.2. The molecule has 3 heterocycles. The number of amides is 1. The first-order valence-electron chi connectivity index (χ1n) is 14.8. The number of benzene rings is 2. The van der Waals surface area contributed by atoms with Crippen molar-refractivity contribution in [2.24, 2.45) is 0 Å². The molecule has 0 bridgehead atoms. The number of fused-ring (bicyclic) bond motifs is 1. The fraction of sp³-hybridized carbons (Fsp3) is 0.419. The quantitative estimate of drug-likeness (QED) is 0.220. The normalized spacial score (nSPS) is 14.3. The summed E-state index contributed by atoms with van der Waals surface area (Å²) < 4.78 is 33.4. The van der Waals surface area contributed by atoms with Crippen LogP contribution in [0.3, 0.4) is 0 Å². The van der Waals surface area contributed by atoms with Gasteiger partial charge in [-0.15, -0.1) is 0 Å². The molecule has 0 atom stereocenters. The summed E-state index contributed by atoms with van der Waals surface area (Å²) in [4.78, 5) is 23.9. The van der Waals surface area contributed by atoms with Crippen molar-refractivity contribution in [3.8, 4) is 5.75 Å². The number of aryl methyl sites for hydroxylation is 1. The van der Waals surface area contributed by atoms with Crippen LogP contribution in [0.2, 0.25) is 0 Å². The first-order chi connectivity index (χ1) is 21.1. The molecule has 13 heteroatoms. The summed E-state index contributed by atoms with van der Waals surface area (Å²) in [5.41, 5.74) is 3.93. The minimum absolute atomic E-state index is 0.185. The Kier molecular flexibility index (Phi) is 9.35. The molecule has 4 aromatic rings. The standard InChI is InChI=1S/C31H40N8O4S/c1-20(2)44(41,42)27-9-7-6-8-24(27)35-31-37-30(36-28-10-15-33-39(28)31)34-25-18-21(3)23(19-26(25)43-5)22-12-16-38(17-13-22)29(40)11-14-32-4/h6-10,15,18-20,22,32H,11-14,16-17H2,1-5H3,(H2,34,35,36,37). The number of aromatic nitrogens is 4. The number of hydrogen-bond donors (Lipinski definition) is 3. The Hall–Kier alpha value is -4.23. The molecule has 1 saturated heterocycles. The predicted molar refractivity (Wildman–Crippen MR) is 171 cm³/mol. The van der Waals surface area contributed by atoms with Gasteiger partial charge >= 0.3 is 0 Å². The topological polar surface area (TPSA) is 143 Å². The van der Waals surface area contributed by atoms with E-state index in [1.54, 1.807) is 57.5 Å². The highest BCUT2D eigenvalue weighted by atomic mass is 32.2. The average molecular weight is 621 g/mol. The van der Waals surface area contributed by atoms with Crippen LogP contribution in [0.4, 0.5) is 23.3 Å². The summed E-state index contributed by atoms with van der Waals surface area (Å²) in [5.74, 6) is 1.77. The van der Waals surface area contributed by atoms with Gasteiger partial charge in [0.25, 0.3) is 0 Å². The molecule has 0 radical (unpaired) electrons. The van der Waals surface area contributed by atoms with Gasteiger partial charge in [-0.05, 0) is 82.0 Å². The van der Waals surface area contributed by atoms with Gasteiger partial charge in [0.15, 0.2) is 15.5 Å². The second-order valence-corrected chi connectivity index (χ2v) is 13.7. The van der Waals surface area contributed by atoms with Crippen LogP contribution in [-0.2, 0) is 14.6 Å². The maximum absolute atomic E-state index is 13.1. The van der Waals surface area contributed by atoms with Crippen molar-refractivity contribution < 1.29 is 17.9 Å². The third kappa shape index (κ3) is 6.48. The summed E-state index contributed by atoms with van der Waals surface area (Å²) >= 11 is 0. The molecule has 1 fully saturated rings. The van der Waals surface area contributed by atoms with Crippen LogP contribution in [-0.4, -0.2) is 77.8 Å². The number of ether oxygens (including phenoxy) is 1. The van der Waals surface area contributed by atoms with E-state index in [2.05, 4.69) is 44.0 Å². The lowest BCUT2D eigenvalue weighted by molar-refractivity contribution is -0.132. The average Bonchev–Trinajstić information content (AvgIpc) is 3.49. The van der Waals surface area contributed by atoms with E-state index in [1.807, 2.05) is 18.0 Å². The highest BCUT2D eigenvalue weighted by molar-refractivity contribution is 7.92. The number of carbonyl (C=O) groups excluding carboxylic acids is 1. The smallest absolute Gasteiger partial charge is 0.233 e. The van der Waals surface area contributed by atoms with Gasteiger partial charge in [0.05, 0.1) is 34.8 Å². The number of hydrogen-bond acceptors (Lipinski definition) is 10. The lowest BCUT2D eigenvalue weighted by Crippen LogP contribution is -2.39. The van der Waals surface area contributed by atoms with E-state index in [1.165, 1.54) is 10.1 Å². The Bertz CT molecular complexity index is 1750. The molecular weight excluding hydrogens is 580 g/mol. The van der Waals surface area contributed by atoms with Crippen LogP contribution in [0, 0.1) is 6.92 Å². The second kappa shape index (κ2) is 13.2. The van der Waals surface area contributed by atoms with Crippen molar-refractivity contribution in [1.82, 2.24) is 29.8 Å². The maximum Gasteiger partial charge on any atom is 0.233 e. The fourth-order valence-corrected chi connectivity index (χ4v) is 6.72. The molecule has 5 rings (SSSR count). The Morgan fingerprint density at radius 2 is 1.82 bits per heavy atom. The maximum atomic E-state index is 13.1. The van der Waals surface area contributed by atoms with Gasteiger partial charge < -0.3 is 25.6 Å². The molecule has 1 amide bonds. The molecule has 0 spiro atoms. The summed E-state index contributed by atoms with van der Waals surface area (Å²) in [7, 11) is -0.0706. The molecule has 0 saturated carbocycles. The Balaban J connectivity index is 1.40. The molecule has 12 nitrogen and oxygen atoms in total. The number of methoxy groups -OCH3 is 1. The monoisotopic (exact) mass is 620 g/mol. The molecule has 44 heavy (non-hydrogen) atoms. The molecule has 2 aromatic carbocycles. The van der Waals surface area contributed by atoms with Crippen LogP contribution in [0.15, 0.2) is 53.6 Å². The lowest BCUT2D eigenvalue weighted by Gasteiger charge is -2.33. The van der Waals surface area contributed by atoms with Gasteiger partial charge in [0.1, 0.15) is 5.75 Å². The highest BCUT2D eigenvalue weighted by Gasteiger charge is 2.26.